The Balaban J connectivity index is 2.38. The molecule has 0 saturated carbocycles. The Morgan fingerprint density at radius 3 is 3.00 bits per heavy atom. The Kier molecular flexibility index (Phi) is 2.92. The van der Waals surface area contributed by atoms with E-state index in [0.717, 1.165) is 5.56 Å². The summed E-state index contributed by atoms with van der Waals surface area (Å²) in [7, 11) is 1.77. The van der Waals surface area contributed by atoms with Crippen LogP contribution in [0.25, 0.3) is 0 Å². The maximum atomic E-state index is 13.5. The number of likely N-dealkylation sites (N-methyl/N-ethyl adjacent to an activating group) is 1. The van der Waals surface area contributed by atoms with Gasteiger partial charge in [-0.2, -0.15) is 0 Å². The van der Waals surface area contributed by atoms with Crippen LogP contribution in [0.4, 0.5) is 4.39 Å². The molecule has 0 amide bonds. The first-order valence-electron chi connectivity index (χ1n) is 5.29. The molecule has 0 spiro atoms. The summed E-state index contributed by atoms with van der Waals surface area (Å²) >= 11 is 0. The fourth-order valence-corrected chi connectivity index (χ4v) is 2.16. The molecule has 0 saturated heterocycles. The molecule has 0 radical (unpaired) electrons. The van der Waals surface area contributed by atoms with Crippen LogP contribution in [0.15, 0.2) is 18.2 Å². The van der Waals surface area contributed by atoms with Crippen LogP contribution in [0.1, 0.15) is 11.1 Å². The highest BCUT2D eigenvalue weighted by Crippen LogP contribution is 2.21. The zero-order valence-corrected chi connectivity index (χ0v) is 9.11. The van der Waals surface area contributed by atoms with Gasteiger partial charge >= 0.3 is 5.97 Å². The largest absolute Gasteiger partial charge is 0.480 e. The first-order valence-corrected chi connectivity index (χ1v) is 5.29. The minimum absolute atomic E-state index is 0.225. The van der Waals surface area contributed by atoms with Crippen LogP contribution < -0.4 is 0 Å². The third-order valence-corrected chi connectivity index (χ3v) is 3.16. The van der Waals surface area contributed by atoms with E-state index in [9.17, 15) is 9.18 Å². The van der Waals surface area contributed by atoms with E-state index in [1.165, 1.54) is 6.07 Å². The molecular formula is C12H14FNO2. The van der Waals surface area contributed by atoms with Crippen molar-refractivity contribution >= 4 is 5.97 Å². The number of hydrogen-bond donors (Lipinski definition) is 1. The topological polar surface area (TPSA) is 40.5 Å². The minimum Gasteiger partial charge on any atom is -0.480 e. The Hall–Kier alpha value is -1.42. The van der Waals surface area contributed by atoms with E-state index in [-0.39, 0.29) is 5.82 Å². The normalized spacial score (nSPS) is 21.2. The minimum atomic E-state index is -0.848. The van der Waals surface area contributed by atoms with Crippen LogP contribution >= 0.6 is 0 Å². The number of carboxylic acids is 1. The van der Waals surface area contributed by atoms with Gasteiger partial charge in [0.05, 0.1) is 0 Å². The summed E-state index contributed by atoms with van der Waals surface area (Å²) in [6, 6.07) is 4.33. The zero-order chi connectivity index (χ0) is 11.7. The lowest BCUT2D eigenvalue weighted by Crippen LogP contribution is -2.39. The quantitative estimate of drug-likeness (QED) is 0.780. The molecule has 1 aliphatic rings. The van der Waals surface area contributed by atoms with Crippen molar-refractivity contribution in [3.8, 4) is 0 Å². The number of carboxylic acid groups (broad SMARTS) is 1. The number of aliphatic carboxylic acids is 1. The first kappa shape index (κ1) is 11.1. The summed E-state index contributed by atoms with van der Waals surface area (Å²) in [4.78, 5) is 12.8. The molecule has 0 fully saturated rings. The Labute approximate surface area is 93.5 Å². The third kappa shape index (κ3) is 1.93. The van der Waals surface area contributed by atoms with E-state index < -0.39 is 12.0 Å². The molecule has 2 rings (SSSR count). The summed E-state index contributed by atoms with van der Waals surface area (Å²) in [6.45, 7) is 0.574. The van der Waals surface area contributed by atoms with Crippen molar-refractivity contribution < 1.29 is 14.3 Å². The van der Waals surface area contributed by atoms with Gasteiger partial charge in [0, 0.05) is 6.54 Å². The molecule has 1 atom stereocenters. The van der Waals surface area contributed by atoms with Gasteiger partial charge in [-0.3, -0.25) is 9.69 Å². The van der Waals surface area contributed by atoms with Gasteiger partial charge < -0.3 is 5.11 Å². The first-order chi connectivity index (χ1) is 7.59. The van der Waals surface area contributed by atoms with Crippen molar-refractivity contribution in [2.45, 2.75) is 18.9 Å². The molecule has 1 aromatic carbocycles. The van der Waals surface area contributed by atoms with Crippen LogP contribution in [0.3, 0.4) is 0 Å². The monoisotopic (exact) mass is 223 g/mol. The molecule has 1 aliphatic heterocycles. The molecule has 1 aromatic rings. The molecule has 16 heavy (non-hydrogen) atoms. The van der Waals surface area contributed by atoms with Gasteiger partial charge in [-0.15, -0.1) is 0 Å². The van der Waals surface area contributed by atoms with Crippen molar-refractivity contribution in [1.29, 1.82) is 0 Å². The van der Waals surface area contributed by atoms with Crippen molar-refractivity contribution in [2.75, 3.05) is 13.6 Å². The molecule has 0 aromatic heterocycles. The molecule has 1 unspecified atom stereocenters. The summed E-state index contributed by atoms with van der Waals surface area (Å²) < 4.78 is 13.5. The average Bonchev–Trinajstić information content (AvgIpc) is 2.39. The maximum absolute atomic E-state index is 13.5. The van der Waals surface area contributed by atoms with E-state index >= 15 is 0 Å². The molecule has 0 bridgehead atoms. The SMILES string of the molecule is CN1CCc2c(F)cccc2CC1C(=O)O. The zero-order valence-electron chi connectivity index (χ0n) is 9.11. The Morgan fingerprint density at radius 2 is 2.31 bits per heavy atom. The fourth-order valence-electron chi connectivity index (χ4n) is 2.16. The van der Waals surface area contributed by atoms with Crippen LogP contribution in [0, 0.1) is 5.82 Å². The van der Waals surface area contributed by atoms with Gasteiger partial charge in [-0.25, -0.2) is 4.39 Å². The second-order valence-electron chi connectivity index (χ2n) is 4.17. The van der Waals surface area contributed by atoms with Crippen molar-refractivity contribution in [1.82, 2.24) is 4.90 Å². The van der Waals surface area contributed by atoms with E-state index in [1.54, 1.807) is 18.0 Å². The second kappa shape index (κ2) is 4.22. The van der Waals surface area contributed by atoms with Crippen LogP contribution in [0.2, 0.25) is 0 Å². The second-order valence-corrected chi connectivity index (χ2v) is 4.17. The lowest BCUT2D eigenvalue weighted by molar-refractivity contribution is -0.142. The average molecular weight is 223 g/mol. The van der Waals surface area contributed by atoms with Gasteiger partial charge in [0.15, 0.2) is 0 Å². The molecule has 86 valence electrons. The Morgan fingerprint density at radius 1 is 1.56 bits per heavy atom. The van der Waals surface area contributed by atoms with Crippen molar-refractivity contribution in [2.24, 2.45) is 0 Å². The van der Waals surface area contributed by atoms with Gasteiger partial charge in [-0.05, 0) is 37.1 Å². The third-order valence-electron chi connectivity index (χ3n) is 3.16. The van der Waals surface area contributed by atoms with E-state index in [1.807, 2.05) is 6.07 Å². The molecule has 0 aliphatic carbocycles. The molecular weight excluding hydrogens is 209 g/mol. The summed E-state index contributed by atoms with van der Waals surface area (Å²) in [5.74, 6) is -1.07. The summed E-state index contributed by atoms with van der Waals surface area (Å²) in [5, 5.41) is 9.09. The van der Waals surface area contributed by atoms with Crippen LogP contribution in [-0.2, 0) is 17.6 Å². The molecule has 4 heteroatoms. The van der Waals surface area contributed by atoms with E-state index in [0.29, 0.717) is 24.9 Å². The van der Waals surface area contributed by atoms with Crippen LogP contribution in [-0.4, -0.2) is 35.6 Å². The Bertz CT molecular complexity index is 419. The smallest absolute Gasteiger partial charge is 0.321 e. The lowest BCUT2D eigenvalue weighted by Gasteiger charge is -2.21. The van der Waals surface area contributed by atoms with Crippen molar-refractivity contribution in [3.05, 3.63) is 35.1 Å². The molecule has 1 N–H and O–H groups in total. The van der Waals surface area contributed by atoms with E-state index in [4.69, 9.17) is 5.11 Å². The van der Waals surface area contributed by atoms with Crippen molar-refractivity contribution in [3.63, 3.8) is 0 Å². The highest BCUT2D eigenvalue weighted by atomic mass is 19.1. The number of hydrogen-bond acceptors (Lipinski definition) is 2. The van der Waals surface area contributed by atoms with Crippen LogP contribution in [0.5, 0.6) is 0 Å². The standard InChI is InChI=1S/C12H14FNO2/c1-14-6-5-9-8(3-2-4-10(9)13)7-11(14)12(15)16/h2-4,11H,5-7H2,1H3,(H,15,16). The number of rotatable bonds is 1. The molecule has 1 heterocycles. The number of benzene rings is 1. The summed E-state index contributed by atoms with van der Waals surface area (Å²) in [5.41, 5.74) is 1.48. The highest BCUT2D eigenvalue weighted by Gasteiger charge is 2.27. The predicted molar refractivity (Wildman–Crippen MR) is 57.9 cm³/mol. The van der Waals surface area contributed by atoms with Gasteiger partial charge in [0.25, 0.3) is 0 Å². The number of carbonyl (C=O) groups is 1. The summed E-state index contributed by atoms with van der Waals surface area (Å²) in [6.07, 6.45) is 0.946. The number of halogens is 1. The predicted octanol–water partition coefficient (Wildman–Crippen LogP) is 1.31. The maximum Gasteiger partial charge on any atom is 0.321 e. The lowest BCUT2D eigenvalue weighted by atomic mass is 10.00. The number of nitrogens with zero attached hydrogens (tertiary/aromatic N) is 1. The van der Waals surface area contributed by atoms with E-state index in [2.05, 4.69) is 0 Å². The van der Waals surface area contributed by atoms with Gasteiger partial charge in [0.1, 0.15) is 11.9 Å². The van der Waals surface area contributed by atoms with Gasteiger partial charge in [-0.1, -0.05) is 12.1 Å². The number of fused-ring (bicyclic) bond motifs is 1. The highest BCUT2D eigenvalue weighted by molar-refractivity contribution is 5.74. The fraction of sp³-hybridized carbons (Fsp3) is 0.417. The molecule has 3 nitrogen and oxygen atoms in total. The van der Waals surface area contributed by atoms with Gasteiger partial charge in [0.2, 0.25) is 0 Å².